The summed E-state index contributed by atoms with van der Waals surface area (Å²) in [4.78, 5) is 27.7. The second-order valence-electron chi connectivity index (χ2n) is 10.0. The number of nitrogens with zero attached hydrogens (tertiary/aromatic N) is 3. The van der Waals surface area contributed by atoms with Crippen molar-refractivity contribution < 1.29 is 32.6 Å². The summed E-state index contributed by atoms with van der Waals surface area (Å²) in [5.41, 5.74) is -1.94. The van der Waals surface area contributed by atoms with Gasteiger partial charge < -0.3 is 20.1 Å². The van der Waals surface area contributed by atoms with E-state index in [1.807, 2.05) is 4.90 Å². The predicted octanol–water partition coefficient (Wildman–Crippen LogP) is 4.18. The summed E-state index contributed by atoms with van der Waals surface area (Å²) >= 11 is 0. The number of phenols is 1. The van der Waals surface area contributed by atoms with Crippen LogP contribution in [0.15, 0.2) is 52.7 Å². The van der Waals surface area contributed by atoms with Crippen LogP contribution in [0.3, 0.4) is 0 Å². The molecule has 0 unspecified atom stereocenters. The van der Waals surface area contributed by atoms with Crippen LogP contribution in [0.2, 0.25) is 0 Å². The lowest BCUT2D eigenvalue weighted by atomic mass is 9.80. The molecule has 2 heterocycles. The molecule has 196 valence electrons. The van der Waals surface area contributed by atoms with Crippen LogP contribution in [0.25, 0.3) is 0 Å². The molecule has 1 saturated heterocycles. The van der Waals surface area contributed by atoms with E-state index in [0.29, 0.717) is 30.9 Å². The molecule has 1 aliphatic carbocycles. The first-order valence-electron chi connectivity index (χ1n) is 12.1. The van der Waals surface area contributed by atoms with Crippen LogP contribution < -0.4 is 10.1 Å². The Labute approximate surface area is 211 Å². The molecular weight excluding hydrogens is 489 g/mol. The number of benzene rings is 2. The van der Waals surface area contributed by atoms with Gasteiger partial charge in [0.05, 0.1) is 13.5 Å². The highest BCUT2D eigenvalue weighted by Gasteiger charge is 2.65. The number of nitrogens with one attached hydrogen (secondary N) is 1. The lowest BCUT2D eigenvalue weighted by molar-refractivity contribution is -0.166. The number of carbonyl (C=O) groups is 2. The summed E-state index contributed by atoms with van der Waals surface area (Å²) in [6.45, 7) is 1.51. The molecule has 0 aromatic heterocycles. The molecule has 2 aromatic carbocycles. The van der Waals surface area contributed by atoms with Crippen LogP contribution >= 0.6 is 0 Å². The predicted molar refractivity (Wildman–Crippen MR) is 126 cm³/mol. The molecule has 2 fully saturated rings. The smallest absolute Gasteiger partial charge is 0.442 e. The summed E-state index contributed by atoms with van der Waals surface area (Å²) < 4.78 is 44.7. The molecule has 2 aliphatic heterocycles. The van der Waals surface area contributed by atoms with Crippen LogP contribution in [0.4, 0.5) is 13.2 Å². The van der Waals surface area contributed by atoms with Crippen LogP contribution in [0, 0.1) is 11.3 Å². The lowest BCUT2D eigenvalue weighted by Crippen LogP contribution is -2.41. The Balaban J connectivity index is 1.20. The molecule has 1 saturated carbocycles. The molecule has 37 heavy (non-hydrogen) atoms. The standard InChI is InChI=1S/C26H27F3N4O4/c1-37-21-9-4-16(11-20(21)34)12-22(35)33-13-19-3-2-10-24(19,15-33)14-30-23(36)17-5-7-18(8-6-17)25(31-32-25)26(27,28)29/h4-9,11,19,34H,2-3,10,12-15H2,1H3,(H,30,36)/t19-,24-/m0/s1. The highest BCUT2D eigenvalue weighted by molar-refractivity contribution is 5.94. The summed E-state index contributed by atoms with van der Waals surface area (Å²) in [5, 5.41) is 19.3. The Kier molecular flexibility index (Phi) is 6.12. The van der Waals surface area contributed by atoms with Gasteiger partial charge in [0.25, 0.3) is 5.91 Å². The molecular formula is C26H27F3N4O4. The molecule has 11 heteroatoms. The summed E-state index contributed by atoms with van der Waals surface area (Å²) in [6.07, 6.45) is -1.62. The maximum atomic E-state index is 13.2. The van der Waals surface area contributed by atoms with Crippen molar-refractivity contribution in [3.8, 4) is 11.5 Å². The number of hydrogen-bond acceptors (Lipinski definition) is 6. The molecule has 2 N–H and O–H groups in total. The normalized spacial score (nSPS) is 23.6. The van der Waals surface area contributed by atoms with Gasteiger partial charge in [0.15, 0.2) is 11.5 Å². The van der Waals surface area contributed by atoms with Gasteiger partial charge in [0.2, 0.25) is 5.91 Å². The Morgan fingerprint density at radius 3 is 2.54 bits per heavy atom. The zero-order valence-corrected chi connectivity index (χ0v) is 20.2. The van der Waals surface area contributed by atoms with Crippen LogP contribution in [-0.2, 0) is 16.9 Å². The Morgan fingerprint density at radius 1 is 1.19 bits per heavy atom. The third kappa shape index (κ3) is 4.51. The monoisotopic (exact) mass is 516 g/mol. The van der Waals surface area contributed by atoms with Crippen LogP contribution in [0.5, 0.6) is 11.5 Å². The van der Waals surface area contributed by atoms with Crippen LogP contribution in [0.1, 0.15) is 40.7 Å². The zero-order valence-electron chi connectivity index (χ0n) is 20.2. The van der Waals surface area contributed by atoms with Gasteiger partial charge in [-0.15, -0.1) is 10.2 Å². The minimum absolute atomic E-state index is 0.0206. The van der Waals surface area contributed by atoms with E-state index in [1.165, 1.54) is 37.4 Å². The highest BCUT2D eigenvalue weighted by atomic mass is 19.4. The van der Waals surface area contributed by atoms with Gasteiger partial charge in [0, 0.05) is 36.2 Å². The Hall–Kier alpha value is -3.63. The maximum Gasteiger partial charge on any atom is 0.442 e. The van der Waals surface area contributed by atoms with Gasteiger partial charge in [-0.1, -0.05) is 24.6 Å². The number of phenolic OH excluding ortho intramolecular Hbond substituents is 1. The van der Waals surface area contributed by atoms with Crippen molar-refractivity contribution in [2.75, 3.05) is 26.7 Å². The second-order valence-corrected chi connectivity index (χ2v) is 10.0. The number of hydrogen-bond donors (Lipinski definition) is 2. The van der Waals surface area contributed by atoms with E-state index < -0.39 is 11.8 Å². The molecule has 8 nitrogen and oxygen atoms in total. The molecule has 0 spiro atoms. The number of fused-ring (bicyclic) bond motifs is 1. The first-order valence-corrected chi connectivity index (χ1v) is 12.1. The number of amides is 2. The first-order chi connectivity index (χ1) is 17.6. The molecule has 2 amide bonds. The third-order valence-corrected chi connectivity index (χ3v) is 7.84. The number of alkyl halides is 3. The Bertz CT molecular complexity index is 1240. The SMILES string of the molecule is COc1ccc(CC(=O)N2C[C@@H]3CCC[C@]3(CNC(=O)c3ccc(C4(C(F)(F)F)N=N4)cc3)C2)cc1O. The van der Waals surface area contributed by atoms with Crippen molar-refractivity contribution in [2.24, 2.45) is 21.6 Å². The van der Waals surface area contributed by atoms with Crippen LogP contribution in [-0.4, -0.2) is 54.7 Å². The maximum absolute atomic E-state index is 13.2. The Morgan fingerprint density at radius 2 is 1.92 bits per heavy atom. The van der Waals surface area contributed by atoms with Gasteiger partial charge in [0.1, 0.15) is 0 Å². The van der Waals surface area contributed by atoms with E-state index >= 15 is 0 Å². The van der Waals surface area contributed by atoms with E-state index in [0.717, 1.165) is 19.3 Å². The van der Waals surface area contributed by atoms with Crippen molar-refractivity contribution in [1.29, 1.82) is 0 Å². The molecule has 3 aliphatic rings. The van der Waals surface area contributed by atoms with E-state index in [2.05, 4.69) is 15.5 Å². The number of methoxy groups -OCH3 is 1. The molecule has 2 atom stereocenters. The molecule has 5 rings (SSSR count). The van der Waals surface area contributed by atoms with Crippen molar-refractivity contribution in [1.82, 2.24) is 10.2 Å². The molecule has 0 bridgehead atoms. The van der Waals surface area contributed by atoms with Gasteiger partial charge in [-0.05, 0) is 48.6 Å². The lowest BCUT2D eigenvalue weighted by Gasteiger charge is -2.29. The average molecular weight is 517 g/mol. The number of carbonyl (C=O) groups excluding carboxylic acids is 2. The van der Waals surface area contributed by atoms with Crippen molar-refractivity contribution in [3.63, 3.8) is 0 Å². The minimum atomic E-state index is -4.62. The van der Waals surface area contributed by atoms with E-state index in [1.54, 1.807) is 12.1 Å². The fourth-order valence-corrected chi connectivity index (χ4v) is 5.68. The van der Waals surface area contributed by atoms with Crippen molar-refractivity contribution >= 4 is 11.8 Å². The summed E-state index contributed by atoms with van der Waals surface area (Å²) in [5.74, 6) is 0.153. The van der Waals surface area contributed by atoms with Crippen molar-refractivity contribution in [3.05, 3.63) is 59.2 Å². The summed E-state index contributed by atoms with van der Waals surface area (Å²) in [7, 11) is 1.46. The number of aromatic hydroxyl groups is 1. The third-order valence-electron chi connectivity index (χ3n) is 7.84. The fourth-order valence-electron chi connectivity index (χ4n) is 5.68. The van der Waals surface area contributed by atoms with E-state index in [9.17, 15) is 27.9 Å². The first kappa shape index (κ1) is 25.0. The quantitative estimate of drug-likeness (QED) is 0.576. The number of likely N-dealkylation sites (tertiary alicyclic amines) is 1. The molecule has 2 aromatic rings. The second kappa shape index (κ2) is 9.04. The van der Waals surface area contributed by atoms with Gasteiger partial charge >= 0.3 is 11.8 Å². The highest BCUT2D eigenvalue weighted by Crippen LogP contribution is 2.52. The van der Waals surface area contributed by atoms with Gasteiger partial charge in [-0.25, -0.2) is 0 Å². The number of halogens is 3. The fraction of sp³-hybridized carbons (Fsp3) is 0.462. The van der Waals surface area contributed by atoms with E-state index in [-0.39, 0.29) is 46.4 Å². The number of rotatable bonds is 7. The minimum Gasteiger partial charge on any atom is -0.504 e. The van der Waals surface area contributed by atoms with E-state index in [4.69, 9.17) is 4.74 Å². The number of ether oxygens (including phenoxy) is 1. The average Bonchev–Trinajstić information content (AvgIpc) is 3.49. The van der Waals surface area contributed by atoms with Gasteiger partial charge in [-0.2, -0.15) is 13.2 Å². The van der Waals surface area contributed by atoms with Crippen molar-refractivity contribution in [2.45, 2.75) is 37.5 Å². The van der Waals surface area contributed by atoms with Gasteiger partial charge in [-0.3, -0.25) is 9.59 Å². The molecule has 0 radical (unpaired) electrons. The largest absolute Gasteiger partial charge is 0.504 e. The topological polar surface area (TPSA) is 104 Å². The summed E-state index contributed by atoms with van der Waals surface area (Å²) in [6, 6.07) is 10.0. The zero-order chi connectivity index (χ0) is 26.4.